The third-order valence-corrected chi connectivity index (χ3v) is 4.63. The van der Waals surface area contributed by atoms with Gasteiger partial charge in [-0.3, -0.25) is 9.59 Å². The van der Waals surface area contributed by atoms with E-state index in [0.29, 0.717) is 31.7 Å². The van der Waals surface area contributed by atoms with E-state index in [1.807, 2.05) is 53.4 Å². The van der Waals surface area contributed by atoms with E-state index in [2.05, 4.69) is 15.5 Å². The lowest BCUT2D eigenvalue weighted by molar-refractivity contribution is -0.133. The number of aromatic nitrogens is 5. The van der Waals surface area contributed by atoms with Crippen molar-refractivity contribution in [3.63, 3.8) is 0 Å². The monoisotopic (exact) mass is 365 g/mol. The van der Waals surface area contributed by atoms with E-state index in [1.165, 1.54) is 11.0 Å². The molecule has 0 aliphatic carbocycles. The molecule has 1 aliphatic rings. The van der Waals surface area contributed by atoms with Crippen LogP contribution < -0.4 is 0 Å². The van der Waals surface area contributed by atoms with Gasteiger partial charge in [-0.15, -0.1) is 5.10 Å². The first-order valence-corrected chi connectivity index (χ1v) is 8.72. The van der Waals surface area contributed by atoms with Crippen LogP contribution in [0.4, 0.5) is 0 Å². The molecule has 0 unspecified atom stereocenters. The predicted molar refractivity (Wildman–Crippen MR) is 96.1 cm³/mol. The molecule has 3 aromatic rings. The minimum absolute atomic E-state index is 0.0124. The normalized spacial score (nSPS) is 14.4. The van der Waals surface area contributed by atoms with Crippen molar-refractivity contribution in [1.82, 2.24) is 34.6 Å². The van der Waals surface area contributed by atoms with E-state index in [1.54, 1.807) is 9.80 Å². The summed E-state index contributed by atoms with van der Waals surface area (Å²) < 4.78 is 3.38. The fraction of sp³-hybridized carbons (Fsp3) is 0.278. The zero-order valence-corrected chi connectivity index (χ0v) is 14.7. The molecule has 1 aromatic carbocycles. The third kappa shape index (κ3) is 3.71. The van der Waals surface area contributed by atoms with Crippen LogP contribution in [0.3, 0.4) is 0 Å². The summed E-state index contributed by atoms with van der Waals surface area (Å²) in [6, 6.07) is 11.5. The second-order valence-electron chi connectivity index (χ2n) is 6.32. The lowest BCUT2D eigenvalue weighted by Gasteiger charge is -2.34. The molecule has 0 atom stereocenters. The zero-order chi connectivity index (χ0) is 18.6. The average Bonchev–Trinajstić information content (AvgIpc) is 3.42. The van der Waals surface area contributed by atoms with Crippen LogP contribution in [-0.4, -0.2) is 72.6 Å². The quantitative estimate of drug-likeness (QED) is 0.670. The summed E-state index contributed by atoms with van der Waals surface area (Å²) in [4.78, 5) is 28.5. The molecule has 0 spiro atoms. The summed E-state index contributed by atoms with van der Waals surface area (Å²) in [5.41, 5.74) is 1.66. The largest absolute Gasteiger partial charge is 0.338 e. The lowest BCUT2D eigenvalue weighted by Crippen LogP contribution is -2.51. The van der Waals surface area contributed by atoms with Crippen LogP contribution in [0.2, 0.25) is 0 Å². The van der Waals surface area contributed by atoms with Crippen molar-refractivity contribution in [2.24, 2.45) is 0 Å². The Hall–Kier alpha value is -3.49. The number of benzene rings is 1. The van der Waals surface area contributed by atoms with E-state index in [4.69, 9.17) is 0 Å². The van der Waals surface area contributed by atoms with E-state index < -0.39 is 0 Å². The number of carbonyl (C=O) groups is 2. The summed E-state index contributed by atoms with van der Waals surface area (Å²) >= 11 is 0. The summed E-state index contributed by atoms with van der Waals surface area (Å²) in [6.07, 6.45) is 5.33. The molecule has 9 nitrogen and oxygen atoms in total. The number of hydrogen-bond donors (Lipinski definition) is 0. The number of tetrazole rings is 1. The van der Waals surface area contributed by atoms with E-state index >= 15 is 0 Å². The SMILES string of the molecule is O=C(Cn1cnnn1)N1CCN(C(=O)c2ccc(-n3cccc3)cc2)CC1. The summed E-state index contributed by atoms with van der Waals surface area (Å²) in [5, 5.41) is 10.7. The molecule has 0 radical (unpaired) electrons. The molecule has 9 heteroatoms. The van der Waals surface area contributed by atoms with Crippen LogP contribution >= 0.6 is 0 Å². The van der Waals surface area contributed by atoms with E-state index in [9.17, 15) is 9.59 Å². The molecular formula is C18H19N7O2. The Morgan fingerprint density at radius 1 is 0.926 bits per heavy atom. The van der Waals surface area contributed by atoms with Crippen molar-refractivity contribution >= 4 is 11.8 Å². The third-order valence-electron chi connectivity index (χ3n) is 4.63. The highest BCUT2D eigenvalue weighted by Crippen LogP contribution is 2.13. The number of carbonyl (C=O) groups excluding carboxylic acids is 2. The van der Waals surface area contributed by atoms with Gasteiger partial charge in [-0.05, 0) is 46.8 Å². The molecule has 138 valence electrons. The van der Waals surface area contributed by atoms with Gasteiger partial charge in [0.25, 0.3) is 5.91 Å². The van der Waals surface area contributed by atoms with Gasteiger partial charge in [-0.1, -0.05) is 0 Å². The van der Waals surface area contributed by atoms with Crippen LogP contribution in [0.1, 0.15) is 10.4 Å². The minimum atomic E-state index is -0.0505. The maximum absolute atomic E-state index is 12.7. The molecule has 1 saturated heterocycles. The van der Waals surface area contributed by atoms with Gasteiger partial charge in [0, 0.05) is 49.8 Å². The fourth-order valence-corrected chi connectivity index (χ4v) is 3.12. The predicted octanol–water partition coefficient (Wildman–Crippen LogP) is 0.448. The molecule has 27 heavy (non-hydrogen) atoms. The second kappa shape index (κ2) is 7.40. The topological polar surface area (TPSA) is 89.2 Å². The van der Waals surface area contributed by atoms with Crippen LogP contribution in [0.25, 0.3) is 5.69 Å². The van der Waals surface area contributed by atoms with Crippen LogP contribution in [0.15, 0.2) is 55.1 Å². The van der Waals surface area contributed by atoms with Crippen molar-refractivity contribution in [2.75, 3.05) is 26.2 Å². The van der Waals surface area contributed by atoms with Crippen molar-refractivity contribution in [3.8, 4) is 5.69 Å². The molecule has 2 aromatic heterocycles. The smallest absolute Gasteiger partial charge is 0.253 e. The standard InChI is InChI=1S/C18H19N7O2/c26-17(13-25-14-19-20-21-25)23-9-11-24(12-10-23)18(27)15-3-5-16(6-4-15)22-7-1-2-8-22/h1-8,14H,9-13H2. The van der Waals surface area contributed by atoms with Gasteiger partial charge in [0.05, 0.1) is 0 Å². The van der Waals surface area contributed by atoms with Gasteiger partial charge in [-0.25, -0.2) is 4.68 Å². The molecule has 0 N–H and O–H groups in total. The Kier molecular flexibility index (Phi) is 4.65. The Morgan fingerprint density at radius 3 is 2.22 bits per heavy atom. The molecule has 3 heterocycles. The van der Waals surface area contributed by atoms with Crippen molar-refractivity contribution < 1.29 is 9.59 Å². The summed E-state index contributed by atoms with van der Waals surface area (Å²) in [5.74, 6) is -0.0629. The number of amides is 2. The Morgan fingerprint density at radius 2 is 1.59 bits per heavy atom. The maximum atomic E-state index is 12.7. The van der Waals surface area contributed by atoms with Crippen LogP contribution in [0.5, 0.6) is 0 Å². The molecule has 4 rings (SSSR count). The summed E-state index contributed by atoms with van der Waals surface area (Å²) in [7, 11) is 0. The summed E-state index contributed by atoms with van der Waals surface area (Å²) in [6.45, 7) is 2.16. The van der Waals surface area contributed by atoms with Gasteiger partial charge >= 0.3 is 0 Å². The number of hydrogen-bond acceptors (Lipinski definition) is 5. The molecule has 2 amide bonds. The Labute approximate surface area is 155 Å². The van der Waals surface area contributed by atoms with Gasteiger partial charge < -0.3 is 14.4 Å². The number of piperazine rings is 1. The van der Waals surface area contributed by atoms with Crippen LogP contribution in [-0.2, 0) is 11.3 Å². The zero-order valence-electron chi connectivity index (χ0n) is 14.7. The van der Waals surface area contributed by atoms with Gasteiger partial charge in [0.15, 0.2) is 0 Å². The van der Waals surface area contributed by atoms with Crippen molar-refractivity contribution in [2.45, 2.75) is 6.54 Å². The first-order valence-electron chi connectivity index (χ1n) is 8.72. The second-order valence-corrected chi connectivity index (χ2v) is 6.32. The Balaban J connectivity index is 1.33. The minimum Gasteiger partial charge on any atom is -0.338 e. The first-order chi connectivity index (χ1) is 13.2. The van der Waals surface area contributed by atoms with Gasteiger partial charge in [-0.2, -0.15) is 0 Å². The highest BCUT2D eigenvalue weighted by Gasteiger charge is 2.25. The average molecular weight is 365 g/mol. The molecular weight excluding hydrogens is 346 g/mol. The first kappa shape index (κ1) is 17.0. The highest BCUT2D eigenvalue weighted by atomic mass is 16.2. The van der Waals surface area contributed by atoms with Crippen molar-refractivity contribution in [1.29, 1.82) is 0 Å². The maximum Gasteiger partial charge on any atom is 0.253 e. The molecule has 1 aliphatic heterocycles. The Bertz CT molecular complexity index is 896. The number of rotatable bonds is 4. The van der Waals surface area contributed by atoms with E-state index in [-0.39, 0.29) is 18.4 Å². The van der Waals surface area contributed by atoms with Crippen LogP contribution in [0, 0.1) is 0 Å². The molecule has 1 fully saturated rings. The highest BCUT2D eigenvalue weighted by molar-refractivity contribution is 5.94. The van der Waals surface area contributed by atoms with Gasteiger partial charge in [0.2, 0.25) is 5.91 Å². The number of nitrogens with zero attached hydrogens (tertiary/aromatic N) is 7. The molecule has 0 bridgehead atoms. The van der Waals surface area contributed by atoms with Gasteiger partial charge in [0.1, 0.15) is 12.9 Å². The van der Waals surface area contributed by atoms with Crippen molar-refractivity contribution in [3.05, 3.63) is 60.7 Å². The molecule has 0 saturated carbocycles. The van der Waals surface area contributed by atoms with E-state index in [0.717, 1.165) is 5.69 Å². The lowest BCUT2D eigenvalue weighted by atomic mass is 10.1. The fourth-order valence-electron chi connectivity index (χ4n) is 3.12.